The summed E-state index contributed by atoms with van der Waals surface area (Å²) < 4.78 is 0.988. The van der Waals surface area contributed by atoms with Crippen LogP contribution in [0.3, 0.4) is 0 Å². The fraction of sp³-hybridized carbons (Fsp3) is 0.154. The third kappa shape index (κ3) is 3.75. The van der Waals surface area contributed by atoms with Crippen molar-refractivity contribution in [2.24, 2.45) is 0 Å². The highest BCUT2D eigenvalue weighted by molar-refractivity contribution is 9.10. The van der Waals surface area contributed by atoms with E-state index in [4.69, 9.17) is 5.73 Å². The van der Waals surface area contributed by atoms with Crippen molar-refractivity contribution in [3.63, 3.8) is 0 Å². The number of rotatable bonds is 4. The molecular weight excluding hydrogens is 278 g/mol. The van der Waals surface area contributed by atoms with Gasteiger partial charge in [0.1, 0.15) is 5.82 Å². The van der Waals surface area contributed by atoms with Crippen molar-refractivity contribution in [2.45, 2.75) is 6.42 Å². The Kier molecular flexibility index (Phi) is 3.98. The molecule has 2 rings (SSSR count). The number of nitrogens with zero attached hydrogens (tertiary/aromatic N) is 1. The van der Waals surface area contributed by atoms with Crippen LogP contribution in [-0.4, -0.2) is 11.5 Å². The molecule has 0 bridgehead atoms. The molecule has 0 amide bonds. The molecule has 17 heavy (non-hydrogen) atoms. The van der Waals surface area contributed by atoms with Crippen molar-refractivity contribution in [2.75, 3.05) is 17.6 Å². The van der Waals surface area contributed by atoms with Crippen molar-refractivity contribution < 1.29 is 0 Å². The molecule has 0 unspecified atom stereocenters. The molecule has 3 nitrogen and oxygen atoms in total. The number of nitrogen functional groups attached to an aromatic ring is 1. The van der Waals surface area contributed by atoms with Gasteiger partial charge in [0.2, 0.25) is 0 Å². The zero-order chi connectivity index (χ0) is 12.1. The van der Waals surface area contributed by atoms with Crippen LogP contribution in [0.2, 0.25) is 0 Å². The monoisotopic (exact) mass is 291 g/mol. The summed E-state index contributed by atoms with van der Waals surface area (Å²) >= 11 is 3.35. The Bertz CT molecular complexity index is 420. The molecule has 4 heteroatoms. The third-order valence-corrected chi connectivity index (χ3v) is 2.90. The van der Waals surface area contributed by atoms with Crippen LogP contribution in [0.4, 0.5) is 11.5 Å². The number of benzene rings is 1. The molecule has 0 spiro atoms. The predicted octanol–water partition coefficient (Wildman–Crippen LogP) is 3.08. The summed E-state index contributed by atoms with van der Waals surface area (Å²) in [5.41, 5.74) is 7.70. The topological polar surface area (TPSA) is 50.9 Å². The summed E-state index contributed by atoms with van der Waals surface area (Å²) in [6.07, 6.45) is 2.74. The van der Waals surface area contributed by atoms with Gasteiger partial charge in [-0.25, -0.2) is 4.98 Å². The zero-order valence-electron chi connectivity index (χ0n) is 9.36. The van der Waals surface area contributed by atoms with Gasteiger partial charge in [0.05, 0.1) is 0 Å². The Balaban J connectivity index is 1.83. The van der Waals surface area contributed by atoms with Crippen LogP contribution < -0.4 is 11.1 Å². The highest BCUT2D eigenvalue weighted by Crippen LogP contribution is 2.11. The van der Waals surface area contributed by atoms with Crippen molar-refractivity contribution in [1.82, 2.24) is 4.98 Å². The van der Waals surface area contributed by atoms with Gasteiger partial charge < -0.3 is 11.1 Å². The van der Waals surface area contributed by atoms with E-state index < -0.39 is 0 Å². The SMILES string of the molecule is Nc1ccc(CCNc2ccc(Br)cn2)cc1. The molecule has 0 aliphatic rings. The number of nitrogens with two attached hydrogens (primary N) is 1. The van der Waals surface area contributed by atoms with Gasteiger partial charge in [-0.2, -0.15) is 0 Å². The van der Waals surface area contributed by atoms with Gasteiger partial charge in [-0.3, -0.25) is 0 Å². The standard InChI is InChI=1S/C13H14BrN3/c14-11-3-6-13(17-9-11)16-8-7-10-1-4-12(15)5-2-10/h1-6,9H,7-8,15H2,(H,16,17). The van der Waals surface area contributed by atoms with E-state index in [1.807, 2.05) is 36.4 Å². The maximum Gasteiger partial charge on any atom is 0.125 e. The molecule has 1 heterocycles. The molecule has 0 aliphatic carbocycles. The lowest BCUT2D eigenvalue weighted by Crippen LogP contribution is -2.06. The fourth-order valence-corrected chi connectivity index (χ4v) is 1.73. The van der Waals surface area contributed by atoms with Crippen molar-refractivity contribution in [3.05, 3.63) is 52.6 Å². The molecule has 0 fully saturated rings. The number of anilines is 2. The highest BCUT2D eigenvalue weighted by atomic mass is 79.9. The summed E-state index contributed by atoms with van der Waals surface area (Å²) in [7, 11) is 0. The first kappa shape index (κ1) is 11.9. The van der Waals surface area contributed by atoms with Gasteiger partial charge >= 0.3 is 0 Å². The van der Waals surface area contributed by atoms with Crippen LogP contribution in [0.15, 0.2) is 47.1 Å². The Morgan fingerprint density at radius 3 is 2.53 bits per heavy atom. The van der Waals surface area contributed by atoms with Gasteiger partial charge in [0.25, 0.3) is 0 Å². The molecule has 1 aromatic carbocycles. The molecular formula is C13H14BrN3. The second kappa shape index (κ2) is 5.68. The quantitative estimate of drug-likeness (QED) is 0.851. The first-order valence-electron chi connectivity index (χ1n) is 5.44. The van der Waals surface area contributed by atoms with Gasteiger partial charge in [-0.15, -0.1) is 0 Å². The molecule has 2 aromatic rings. The van der Waals surface area contributed by atoms with E-state index in [0.717, 1.165) is 28.9 Å². The molecule has 0 saturated heterocycles. The second-order valence-electron chi connectivity index (χ2n) is 3.78. The minimum absolute atomic E-state index is 0.802. The van der Waals surface area contributed by atoms with Gasteiger partial charge in [-0.05, 0) is 52.2 Å². The van der Waals surface area contributed by atoms with Crippen molar-refractivity contribution in [1.29, 1.82) is 0 Å². The van der Waals surface area contributed by atoms with Gasteiger partial charge in [-0.1, -0.05) is 12.1 Å². The minimum atomic E-state index is 0.802. The van der Waals surface area contributed by atoms with Gasteiger partial charge in [0, 0.05) is 22.9 Å². The average Bonchev–Trinajstić information content (AvgIpc) is 2.34. The molecule has 0 saturated carbocycles. The predicted molar refractivity (Wildman–Crippen MR) is 75.0 cm³/mol. The van der Waals surface area contributed by atoms with Crippen LogP contribution in [0.25, 0.3) is 0 Å². The van der Waals surface area contributed by atoms with E-state index in [-0.39, 0.29) is 0 Å². The van der Waals surface area contributed by atoms with Crippen LogP contribution in [0.1, 0.15) is 5.56 Å². The summed E-state index contributed by atoms with van der Waals surface area (Å²) in [6.45, 7) is 0.860. The first-order chi connectivity index (χ1) is 8.24. The lowest BCUT2D eigenvalue weighted by Gasteiger charge is -2.05. The number of pyridine rings is 1. The molecule has 1 aromatic heterocycles. The zero-order valence-corrected chi connectivity index (χ0v) is 10.9. The Morgan fingerprint density at radius 2 is 1.88 bits per heavy atom. The second-order valence-corrected chi connectivity index (χ2v) is 4.70. The van der Waals surface area contributed by atoms with Crippen molar-refractivity contribution in [3.8, 4) is 0 Å². The van der Waals surface area contributed by atoms with E-state index in [9.17, 15) is 0 Å². The summed E-state index contributed by atoms with van der Waals surface area (Å²) in [5, 5.41) is 3.27. The highest BCUT2D eigenvalue weighted by Gasteiger charge is 1.95. The molecule has 3 N–H and O–H groups in total. The lowest BCUT2D eigenvalue weighted by molar-refractivity contribution is 1.01. The lowest BCUT2D eigenvalue weighted by atomic mass is 10.1. The summed E-state index contributed by atoms with van der Waals surface area (Å²) in [5.74, 6) is 0.892. The van der Waals surface area contributed by atoms with Crippen LogP contribution in [-0.2, 0) is 6.42 Å². The smallest absolute Gasteiger partial charge is 0.125 e. The molecule has 0 radical (unpaired) electrons. The number of aromatic nitrogens is 1. The number of halogens is 1. The summed E-state index contributed by atoms with van der Waals surface area (Å²) in [4.78, 5) is 4.25. The maximum atomic E-state index is 5.63. The Morgan fingerprint density at radius 1 is 1.12 bits per heavy atom. The molecule has 0 atom stereocenters. The fourth-order valence-electron chi connectivity index (χ4n) is 1.50. The van der Waals surface area contributed by atoms with Crippen LogP contribution in [0.5, 0.6) is 0 Å². The average molecular weight is 292 g/mol. The van der Waals surface area contributed by atoms with E-state index >= 15 is 0 Å². The van der Waals surface area contributed by atoms with Crippen molar-refractivity contribution >= 4 is 27.4 Å². The largest absolute Gasteiger partial charge is 0.399 e. The van der Waals surface area contributed by atoms with E-state index in [1.54, 1.807) is 6.20 Å². The van der Waals surface area contributed by atoms with Crippen LogP contribution in [0, 0.1) is 0 Å². The number of hydrogen-bond acceptors (Lipinski definition) is 3. The Hall–Kier alpha value is -1.55. The Labute approximate surface area is 109 Å². The third-order valence-electron chi connectivity index (χ3n) is 2.43. The molecule has 88 valence electrons. The minimum Gasteiger partial charge on any atom is -0.399 e. The normalized spacial score (nSPS) is 10.2. The number of hydrogen-bond donors (Lipinski definition) is 2. The van der Waals surface area contributed by atoms with Gasteiger partial charge in [0.15, 0.2) is 0 Å². The number of nitrogens with one attached hydrogen (secondary N) is 1. The maximum absolute atomic E-state index is 5.63. The van der Waals surface area contributed by atoms with E-state index in [2.05, 4.69) is 26.2 Å². The first-order valence-corrected chi connectivity index (χ1v) is 6.23. The van der Waals surface area contributed by atoms with E-state index in [1.165, 1.54) is 5.56 Å². The van der Waals surface area contributed by atoms with E-state index in [0.29, 0.717) is 0 Å². The molecule has 0 aliphatic heterocycles. The van der Waals surface area contributed by atoms with Crippen LogP contribution >= 0.6 is 15.9 Å². The summed E-state index contributed by atoms with van der Waals surface area (Å²) in [6, 6.07) is 11.9.